The third-order valence-electron chi connectivity index (χ3n) is 13.9. The number of rotatable bonds is 9. The Bertz CT molecular complexity index is 3450. The molecule has 0 saturated carbocycles. The smallest absolute Gasteiger partial charge is 0.420 e. The van der Waals surface area contributed by atoms with Crippen molar-refractivity contribution in [2.45, 2.75) is 154 Å². The number of amidine groups is 1. The van der Waals surface area contributed by atoms with E-state index in [4.69, 9.17) is 41.7 Å². The van der Waals surface area contributed by atoms with Crippen LogP contribution in [-0.2, 0) is 31.3 Å². The first kappa shape index (κ1) is 66.5. The zero-order valence-corrected chi connectivity index (χ0v) is 49.3. The van der Waals surface area contributed by atoms with E-state index in [0.29, 0.717) is 70.2 Å². The van der Waals surface area contributed by atoms with E-state index in [1.54, 1.807) is 51.3 Å². The molecule has 4 atom stereocenters. The van der Waals surface area contributed by atoms with Crippen LogP contribution in [0.25, 0.3) is 49.7 Å². The van der Waals surface area contributed by atoms with Gasteiger partial charge in [0.2, 0.25) is 11.9 Å². The molecular weight excluding hydrogens is 1180 g/mol. The second-order valence-electron chi connectivity index (χ2n) is 22.7. The van der Waals surface area contributed by atoms with Crippen molar-refractivity contribution in [3.8, 4) is 22.8 Å². The summed E-state index contributed by atoms with van der Waals surface area (Å²) in [6.45, 7) is 20.5. The van der Waals surface area contributed by atoms with Gasteiger partial charge in [-0.1, -0.05) is 22.8 Å². The third-order valence-corrected chi connectivity index (χ3v) is 13.9. The van der Waals surface area contributed by atoms with Crippen LogP contribution in [0.5, 0.6) is 0 Å². The first-order valence-corrected chi connectivity index (χ1v) is 27.8. The first-order chi connectivity index (χ1) is 40.8. The van der Waals surface area contributed by atoms with E-state index in [1.165, 1.54) is 33.6 Å². The number of carbonyl (C=O) groups excluding carboxylic acids is 2. The number of oxime groups is 1. The Balaban J connectivity index is 0.000000239. The molecule has 6 aromatic heterocycles. The summed E-state index contributed by atoms with van der Waals surface area (Å²) in [5.74, 6) is 3.26. The standard InChI is InChI=1S/C27H34F3N9O4.C27H31F3N8O3.ClH.H3NO/c1-26(2,3)43-25(40)38-11-6-7-15(14-38)33-24-32-13-17(27(28,29)30)21(35-24)20-16-9-10-18(22(31)37-41)34-23(16)39(36-20)19-8-4-5-12-42-19;1-26(2,3)41-25(39)37-12-7-8-16(15-37)33-24-32-14-18(27(28,29)30)22(35-24)21-17-10-11-19(31-4)34-23(17)38(36-21)20-9-5-6-13-40-20;;1-2/h9-10,13,15,19,41H,4-8,11-12,14H2,1-3H3,(H2,31,37)(H,32,33,35);10-11,14,16,20H,5-9,12-13,15H2,1-3H3,(H,32,33,35);1H;2H,1H2/t15-,19?;16-,20?;;/m00../s1. The molecule has 0 aromatic carbocycles. The average molecular weight is 1250 g/mol. The highest BCUT2D eigenvalue weighted by Gasteiger charge is 2.40. The molecule has 472 valence electrons. The van der Waals surface area contributed by atoms with Gasteiger partial charge in [0.15, 0.2) is 23.9 Å². The lowest BCUT2D eigenvalue weighted by atomic mass is 10.1. The van der Waals surface area contributed by atoms with Crippen molar-refractivity contribution in [2.24, 2.45) is 16.8 Å². The van der Waals surface area contributed by atoms with Crippen LogP contribution >= 0.6 is 12.4 Å². The quantitative estimate of drug-likeness (QED) is 0.0196. The minimum Gasteiger partial charge on any atom is -0.444 e. The van der Waals surface area contributed by atoms with Crippen molar-refractivity contribution in [3.63, 3.8) is 0 Å². The van der Waals surface area contributed by atoms with E-state index < -0.39 is 70.7 Å². The first-order valence-electron chi connectivity index (χ1n) is 27.8. The van der Waals surface area contributed by atoms with Gasteiger partial charge in [-0.15, -0.1) is 12.4 Å². The highest BCUT2D eigenvalue weighted by atomic mass is 35.5. The number of pyridine rings is 2. The Morgan fingerprint density at radius 3 is 1.48 bits per heavy atom. The van der Waals surface area contributed by atoms with E-state index in [1.807, 2.05) is 0 Å². The maximum absolute atomic E-state index is 14.3. The number of likely N-dealkylation sites (tertiary alicyclic amines) is 2. The van der Waals surface area contributed by atoms with E-state index >= 15 is 0 Å². The summed E-state index contributed by atoms with van der Waals surface area (Å²) in [6.07, 6.45) is -2.85. The number of hydrogen-bond donors (Lipinski definition) is 6. The number of nitrogens with zero attached hydrogens (tertiary/aromatic N) is 14. The summed E-state index contributed by atoms with van der Waals surface area (Å²) in [5, 5.41) is 34.5. The average Bonchev–Trinajstić information content (AvgIpc) is 3.02. The molecule has 0 radical (unpaired) electrons. The van der Waals surface area contributed by atoms with Crippen molar-refractivity contribution in [1.29, 1.82) is 0 Å². The fourth-order valence-corrected chi connectivity index (χ4v) is 10.1. The number of carbonyl (C=O) groups is 2. The number of anilines is 2. The summed E-state index contributed by atoms with van der Waals surface area (Å²) in [7, 11) is 0. The molecule has 0 aliphatic carbocycles. The van der Waals surface area contributed by atoms with E-state index in [-0.39, 0.29) is 94.9 Å². The largest absolute Gasteiger partial charge is 0.444 e. The topological polar surface area (TPSA) is 324 Å². The Morgan fingerprint density at radius 1 is 0.655 bits per heavy atom. The van der Waals surface area contributed by atoms with Gasteiger partial charge in [0.05, 0.1) is 5.39 Å². The van der Waals surface area contributed by atoms with Crippen LogP contribution in [0.2, 0.25) is 0 Å². The molecule has 10 heterocycles. The summed E-state index contributed by atoms with van der Waals surface area (Å²) in [5.41, 5.74) is 1.92. The van der Waals surface area contributed by atoms with Crippen molar-refractivity contribution in [3.05, 3.63) is 64.9 Å². The number of aromatic nitrogens is 10. The van der Waals surface area contributed by atoms with Crippen LogP contribution in [0.15, 0.2) is 41.8 Å². The van der Waals surface area contributed by atoms with Crippen LogP contribution in [-0.4, -0.2) is 150 Å². The molecule has 10 rings (SSSR count). The fraction of sp³-hybridized carbons (Fsp3) is 0.556. The maximum atomic E-state index is 14.3. The van der Waals surface area contributed by atoms with Gasteiger partial charge in [-0.25, -0.2) is 45.1 Å². The normalized spacial score (nSPS) is 19.6. The predicted octanol–water partition coefficient (Wildman–Crippen LogP) is 10.2. The third kappa shape index (κ3) is 16.4. The number of ether oxygens (including phenoxy) is 4. The van der Waals surface area contributed by atoms with Crippen LogP contribution in [0.4, 0.5) is 53.6 Å². The molecule has 26 nitrogen and oxygen atoms in total. The van der Waals surface area contributed by atoms with Crippen molar-refractivity contribution >= 4 is 70.2 Å². The van der Waals surface area contributed by atoms with Crippen LogP contribution < -0.4 is 22.3 Å². The number of amides is 2. The molecule has 4 fully saturated rings. The van der Waals surface area contributed by atoms with Crippen molar-refractivity contribution < 1.29 is 65.3 Å². The molecule has 0 bridgehead atoms. The second kappa shape index (κ2) is 27.8. The molecule has 2 amide bonds. The maximum Gasteiger partial charge on any atom is 0.420 e. The monoisotopic (exact) mass is 1250 g/mol. The van der Waals surface area contributed by atoms with Crippen LogP contribution in [0.1, 0.15) is 135 Å². The highest BCUT2D eigenvalue weighted by Crippen LogP contribution is 2.42. The van der Waals surface area contributed by atoms with Crippen molar-refractivity contribution in [2.75, 3.05) is 50.0 Å². The Morgan fingerprint density at radius 2 is 1.09 bits per heavy atom. The summed E-state index contributed by atoms with van der Waals surface area (Å²) in [4.78, 5) is 57.0. The molecule has 33 heteroatoms. The SMILES string of the molecule is CC(C)(C)OC(=O)N1CCC[C@H](Nc2ncc(C(F)(F)F)c(-c3nn(C4CCCCO4)c4nc(/C(N)=N/O)ccc34)n2)C1.Cl.NO.[C-]#[N+]c1ccc2c(-c3nc(N[C@H]4CCCN(C(=O)OC(C)(C)C)C4)ncc3C(F)(F)F)nn(C3CCCCO3)c2n1. The Labute approximate surface area is 501 Å². The van der Waals surface area contributed by atoms with E-state index in [9.17, 15) is 35.9 Å². The summed E-state index contributed by atoms with van der Waals surface area (Å²) < 4.78 is 111. The van der Waals surface area contributed by atoms with Gasteiger partial charge < -0.3 is 60.4 Å². The van der Waals surface area contributed by atoms with Gasteiger partial charge in [-0.3, -0.25) is 0 Å². The van der Waals surface area contributed by atoms with Gasteiger partial charge in [0.1, 0.15) is 50.8 Å². The Hall–Kier alpha value is -7.99. The van der Waals surface area contributed by atoms with Crippen molar-refractivity contribution in [1.82, 2.24) is 59.3 Å². The molecule has 0 spiro atoms. The van der Waals surface area contributed by atoms with E-state index in [0.717, 1.165) is 38.1 Å². The van der Waals surface area contributed by atoms with Crippen LogP contribution in [0.3, 0.4) is 0 Å². The minimum absolute atomic E-state index is 0. The van der Waals surface area contributed by atoms with Gasteiger partial charge in [-0.05, 0) is 124 Å². The molecule has 87 heavy (non-hydrogen) atoms. The number of hydrogen-bond acceptors (Lipinski definition) is 20. The van der Waals surface area contributed by atoms with Crippen LogP contribution in [0, 0.1) is 6.57 Å². The lowest BCUT2D eigenvalue weighted by Crippen LogP contribution is -2.47. The number of nitrogens with one attached hydrogen (secondary N) is 2. The molecular formula is C54H69ClF6N18O8. The van der Waals surface area contributed by atoms with Gasteiger partial charge in [-0.2, -0.15) is 41.2 Å². The number of halogens is 7. The van der Waals surface area contributed by atoms with Gasteiger partial charge >= 0.3 is 24.5 Å². The lowest BCUT2D eigenvalue weighted by Gasteiger charge is -2.34. The molecule has 4 aliphatic rings. The summed E-state index contributed by atoms with van der Waals surface area (Å²) in [6, 6.07) is 5.29. The van der Waals surface area contributed by atoms with E-state index in [2.05, 4.69) is 66.6 Å². The summed E-state index contributed by atoms with van der Waals surface area (Å²) >= 11 is 0. The molecule has 4 saturated heterocycles. The zero-order chi connectivity index (χ0) is 62.3. The Kier molecular flexibility index (Phi) is 21.3. The molecule has 4 aliphatic heterocycles. The number of nitrogens with two attached hydrogens (primary N) is 2. The zero-order valence-electron chi connectivity index (χ0n) is 48.5. The van der Waals surface area contributed by atoms with Gasteiger partial charge in [0.25, 0.3) is 11.5 Å². The minimum atomic E-state index is -4.79. The number of piperidine rings is 2. The number of alkyl halides is 6. The number of fused-ring (bicyclic) bond motifs is 2. The molecule has 8 N–H and O–H groups in total. The highest BCUT2D eigenvalue weighted by molar-refractivity contribution is 5.99. The van der Waals surface area contributed by atoms with Gasteiger partial charge in [0, 0.05) is 69.3 Å². The molecule has 6 aromatic rings. The lowest BCUT2D eigenvalue weighted by molar-refractivity contribution is -0.138. The fourth-order valence-electron chi connectivity index (χ4n) is 10.1. The molecule has 2 unspecified atom stereocenters. The predicted molar refractivity (Wildman–Crippen MR) is 306 cm³/mol. The second-order valence-corrected chi connectivity index (χ2v) is 22.7.